The molecule has 5 nitrogen and oxygen atoms in total. The second kappa shape index (κ2) is 5.29. The Morgan fingerprint density at radius 1 is 1.44 bits per heavy atom. The van der Waals surface area contributed by atoms with Crippen LogP contribution in [-0.2, 0) is 4.79 Å². The number of aliphatic carboxylic acids is 1. The van der Waals surface area contributed by atoms with Crippen LogP contribution in [0.2, 0.25) is 0 Å². The Hall–Kier alpha value is -1.11. The van der Waals surface area contributed by atoms with Crippen molar-refractivity contribution < 1.29 is 20.1 Å². The molecule has 88 valence electrons. The van der Waals surface area contributed by atoms with Gasteiger partial charge in [-0.2, -0.15) is 0 Å². The number of anilines is 1. The maximum atomic E-state index is 10.4. The fourth-order valence-electron chi connectivity index (χ4n) is 1.31. The van der Waals surface area contributed by atoms with Crippen LogP contribution >= 0.6 is 15.9 Å². The number of hydrogen-bond donors (Lipinski definition) is 4. The predicted octanol–water partition coefficient (Wildman–Crippen LogP) is 0.900. The van der Waals surface area contributed by atoms with Crippen LogP contribution in [0.3, 0.4) is 0 Å². The molecule has 0 spiro atoms. The first kappa shape index (κ1) is 13.0. The van der Waals surface area contributed by atoms with E-state index in [0.717, 1.165) is 4.47 Å². The molecular weight excluding hydrogens is 278 g/mol. The van der Waals surface area contributed by atoms with Gasteiger partial charge in [-0.25, -0.2) is 0 Å². The van der Waals surface area contributed by atoms with E-state index in [1.54, 1.807) is 12.1 Å². The molecule has 1 rings (SSSR count). The average molecular weight is 290 g/mol. The quantitative estimate of drug-likeness (QED) is 0.617. The van der Waals surface area contributed by atoms with Gasteiger partial charge in [0.1, 0.15) is 6.10 Å². The number of benzene rings is 1. The van der Waals surface area contributed by atoms with Gasteiger partial charge in [-0.15, -0.1) is 0 Å². The van der Waals surface area contributed by atoms with Crippen molar-refractivity contribution in [1.29, 1.82) is 0 Å². The normalized spacial score (nSPS) is 14.4. The highest BCUT2D eigenvalue weighted by Gasteiger charge is 2.22. The largest absolute Gasteiger partial charge is 0.481 e. The van der Waals surface area contributed by atoms with Crippen molar-refractivity contribution >= 4 is 27.6 Å². The zero-order valence-electron chi connectivity index (χ0n) is 8.30. The number of carboxylic acids is 1. The molecule has 0 fully saturated rings. The lowest BCUT2D eigenvalue weighted by Crippen LogP contribution is -2.22. The number of hydrogen-bond acceptors (Lipinski definition) is 4. The summed E-state index contributed by atoms with van der Waals surface area (Å²) in [5.41, 5.74) is 6.26. The summed E-state index contributed by atoms with van der Waals surface area (Å²) in [6, 6.07) is 4.77. The lowest BCUT2D eigenvalue weighted by Gasteiger charge is -2.18. The van der Waals surface area contributed by atoms with Crippen LogP contribution in [0.5, 0.6) is 0 Å². The Morgan fingerprint density at radius 2 is 2.06 bits per heavy atom. The summed E-state index contributed by atoms with van der Waals surface area (Å²) in [7, 11) is 0. The van der Waals surface area contributed by atoms with Crippen molar-refractivity contribution in [1.82, 2.24) is 0 Å². The molecule has 16 heavy (non-hydrogen) atoms. The third-order valence-corrected chi connectivity index (χ3v) is 2.61. The number of aliphatic hydroxyl groups excluding tert-OH is 2. The number of aliphatic hydroxyl groups is 2. The van der Waals surface area contributed by atoms with Gasteiger partial charge < -0.3 is 21.1 Å². The van der Waals surface area contributed by atoms with Crippen molar-refractivity contribution in [2.45, 2.75) is 18.6 Å². The topological polar surface area (TPSA) is 104 Å². The molecule has 0 heterocycles. The Morgan fingerprint density at radius 3 is 2.56 bits per heavy atom. The third-order valence-electron chi connectivity index (χ3n) is 2.12. The van der Waals surface area contributed by atoms with E-state index in [0.29, 0.717) is 11.3 Å². The maximum absolute atomic E-state index is 10.4. The molecule has 1 aromatic rings. The van der Waals surface area contributed by atoms with E-state index in [1.165, 1.54) is 6.07 Å². The van der Waals surface area contributed by atoms with Gasteiger partial charge in [-0.05, 0) is 12.1 Å². The maximum Gasteiger partial charge on any atom is 0.306 e. The minimum Gasteiger partial charge on any atom is -0.481 e. The molecule has 0 saturated carbocycles. The van der Waals surface area contributed by atoms with E-state index in [-0.39, 0.29) is 0 Å². The molecular formula is C10H12BrNO4. The summed E-state index contributed by atoms with van der Waals surface area (Å²) in [6.07, 6.45) is -3.21. The highest BCUT2D eigenvalue weighted by molar-refractivity contribution is 9.10. The minimum absolute atomic E-state index is 0.298. The Bertz CT molecular complexity index is 396. The van der Waals surface area contributed by atoms with Crippen molar-refractivity contribution in [3.8, 4) is 0 Å². The molecule has 0 radical (unpaired) electrons. The first-order valence-electron chi connectivity index (χ1n) is 4.54. The highest BCUT2D eigenvalue weighted by Crippen LogP contribution is 2.27. The molecule has 5 N–H and O–H groups in total. The van der Waals surface area contributed by atoms with E-state index in [1.807, 2.05) is 0 Å². The second-order valence-corrected chi connectivity index (χ2v) is 4.30. The van der Waals surface area contributed by atoms with Crippen molar-refractivity contribution in [3.05, 3.63) is 28.2 Å². The summed E-state index contributed by atoms with van der Waals surface area (Å²) in [5.74, 6) is -1.18. The van der Waals surface area contributed by atoms with E-state index in [9.17, 15) is 15.0 Å². The van der Waals surface area contributed by atoms with Gasteiger partial charge in [-0.3, -0.25) is 4.79 Å². The van der Waals surface area contributed by atoms with Gasteiger partial charge in [0.2, 0.25) is 0 Å². The zero-order valence-corrected chi connectivity index (χ0v) is 9.89. The standard InChI is InChI=1S/C10H12BrNO4/c11-5-1-2-6(7(12)3-5)10(16)8(13)4-9(14)15/h1-3,8,10,13,16H,4,12H2,(H,14,15). The van der Waals surface area contributed by atoms with Crippen molar-refractivity contribution in [2.75, 3.05) is 5.73 Å². The van der Waals surface area contributed by atoms with Crippen LogP contribution in [0.15, 0.2) is 22.7 Å². The molecule has 0 saturated heterocycles. The summed E-state index contributed by atoms with van der Waals surface area (Å²) >= 11 is 3.20. The molecule has 0 amide bonds. The molecule has 0 aromatic heterocycles. The molecule has 0 bridgehead atoms. The average Bonchev–Trinajstić information content (AvgIpc) is 2.15. The first-order chi connectivity index (χ1) is 7.41. The summed E-state index contributed by atoms with van der Waals surface area (Å²) in [4.78, 5) is 10.4. The number of carboxylic acid groups (broad SMARTS) is 1. The SMILES string of the molecule is Nc1cc(Br)ccc1C(O)C(O)CC(=O)O. The monoisotopic (exact) mass is 289 g/mol. The first-order valence-corrected chi connectivity index (χ1v) is 5.34. The molecule has 0 aliphatic carbocycles. The number of rotatable bonds is 4. The van der Waals surface area contributed by atoms with Crippen LogP contribution in [-0.4, -0.2) is 27.4 Å². The van der Waals surface area contributed by atoms with Gasteiger partial charge in [0.15, 0.2) is 0 Å². The van der Waals surface area contributed by atoms with E-state index < -0.39 is 24.6 Å². The number of carbonyl (C=O) groups is 1. The lowest BCUT2D eigenvalue weighted by atomic mass is 10.0. The van der Waals surface area contributed by atoms with Crippen LogP contribution in [0.25, 0.3) is 0 Å². The van der Waals surface area contributed by atoms with Gasteiger partial charge in [-0.1, -0.05) is 22.0 Å². The van der Waals surface area contributed by atoms with Gasteiger partial charge in [0, 0.05) is 15.7 Å². The molecule has 6 heteroatoms. The van der Waals surface area contributed by atoms with E-state index >= 15 is 0 Å². The van der Waals surface area contributed by atoms with Gasteiger partial charge in [0.05, 0.1) is 12.5 Å². The lowest BCUT2D eigenvalue weighted by molar-refractivity contribution is -0.141. The Labute approximate surface area is 101 Å². The number of nitrogens with two attached hydrogens (primary N) is 1. The molecule has 1 aromatic carbocycles. The highest BCUT2D eigenvalue weighted by atomic mass is 79.9. The number of nitrogen functional groups attached to an aromatic ring is 1. The van der Waals surface area contributed by atoms with Crippen molar-refractivity contribution in [2.24, 2.45) is 0 Å². The van der Waals surface area contributed by atoms with Crippen LogP contribution < -0.4 is 5.73 Å². The molecule has 2 atom stereocenters. The van der Waals surface area contributed by atoms with Gasteiger partial charge in [0.25, 0.3) is 0 Å². The fraction of sp³-hybridized carbons (Fsp3) is 0.300. The van der Waals surface area contributed by atoms with Crippen LogP contribution in [0.1, 0.15) is 18.1 Å². The molecule has 0 aliphatic heterocycles. The predicted molar refractivity (Wildman–Crippen MR) is 61.8 cm³/mol. The Kier molecular flexibility index (Phi) is 4.28. The summed E-state index contributed by atoms with van der Waals surface area (Å²) < 4.78 is 0.744. The fourth-order valence-corrected chi connectivity index (χ4v) is 1.69. The molecule has 2 unspecified atom stereocenters. The summed E-state index contributed by atoms with van der Waals surface area (Å²) in [6.45, 7) is 0. The molecule has 0 aliphatic rings. The van der Waals surface area contributed by atoms with Gasteiger partial charge >= 0.3 is 5.97 Å². The smallest absolute Gasteiger partial charge is 0.306 e. The summed E-state index contributed by atoms with van der Waals surface area (Å²) in [5, 5.41) is 27.6. The third kappa shape index (κ3) is 3.19. The minimum atomic E-state index is -1.37. The van der Waals surface area contributed by atoms with Crippen molar-refractivity contribution in [3.63, 3.8) is 0 Å². The number of halogens is 1. The van der Waals surface area contributed by atoms with E-state index in [2.05, 4.69) is 15.9 Å². The van der Waals surface area contributed by atoms with E-state index in [4.69, 9.17) is 10.8 Å². The van der Waals surface area contributed by atoms with Crippen LogP contribution in [0.4, 0.5) is 5.69 Å². The second-order valence-electron chi connectivity index (χ2n) is 3.38. The van der Waals surface area contributed by atoms with Crippen LogP contribution in [0, 0.1) is 0 Å². The Balaban J connectivity index is 2.87. The zero-order chi connectivity index (χ0) is 12.3.